The van der Waals surface area contributed by atoms with Gasteiger partial charge in [0.1, 0.15) is 11.9 Å². The minimum atomic E-state index is 0.602. The highest BCUT2D eigenvalue weighted by Gasteiger charge is 2.08. The first-order chi connectivity index (χ1) is 9.90. The Balaban J connectivity index is 1.95. The van der Waals surface area contributed by atoms with Crippen LogP contribution in [-0.4, -0.2) is 57.3 Å². The van der Waals surface area contributed by atoms with Crippen molar-refractivity contribution in [3.05, 3.63) is 23.9 Å². The maximum absolute atomic E-state index is 8.82. The predicted octanol–water partition coefficient (Wildman–Crippen LogP) is -0.458. The summed E-state index contributed by atoms with van der Waals surface area (Å²) in [5, 5.41) is 19.0. The molecule has 20 heavy (non-hydrogen) atoms. The van der Waals surface area contributed by atoms with E-state index in [1.807, 2.05) is 12.1 Å². The van der Waals surface area contributed by atoms with Gasteiger partial charge in [0, 0.05) is 58.6 Å². The number of aromatic nitrogens is 1. The van der Waals surface area contributed by atoms with Crippen molar-refractivity contribution in [3.8, 4) is 6.07 Å². The summed E-state index contributed by atoms with van der Waals surface area (Å²) in [6.07, 6.45) is 1.64. The Labute approximate surface area is 120 Å². The minimum absolute atomic E-state index is 0.602. The molecule has 0 radical (unpaired) electrons. The van der Waals surface area contributed by atoms with Gasteiger partial charge in [-0.1, -0.05) is 0 Å². The van der Waals surface area contributed by atoms with Crippen LogP contribution < -0.4 is 20.9 Å². The van der Waals surface area contributed by atoms with E-state index in [4.69, 9.17) is 5.26 Å². The number of anilines is 1. The molecule has 0 bridgehead atoms. The highest BCUT2D eigenvalue weighted by atomic mass is 15.2. The van der Waals surface area contributed by atoms with Gasteiger partial charge in [-0.3, -0.25) is 0 Å². The first kappa shape index (κ1) is 14.7. The van der Waals surface area contributed by atoms with Gasteiger partial charge in [-0.2, -0.15) is 5.26 Å². The monoisotopic (exact) mass is 274 g/mol. The number of nitrogens with one attached hydrogen (secondary N) is 3. The average Bonchev–Trinajstić information content (AvgIpc) is 2.48. The Morgan fingerprint density at radius 3 is 2.05 bits per heavy atom. The molecule has 0 aliphatic carbocycles. The zero-order valence-electron chi connectivity index (χ0n) is 11.7. The van der Waals surface area contributed by atoms with Crippen LogP contribution in [0, 0.1) is 11.3 Å². The highest BCUT2D eigenvalue weighted by molar-refractivity contribution is 5.41. The molecule has 6 heteroatoms. The Morgan fingerprint density at radius 1 is 0.950 bits per heavy atom. The van der Waals surface area contributed by atoms with Crippen LogP contribution in [0.3, 0.4) is 0 Å². The van der Waals surface area contributed by atoms with Crippen LogP contribution in [0.25, 0.3) is 0 Å². The summed E-state index contributed by atoms with van der Waals surface area (Å²) >= 11 is 0. The van der Waals surface area contributed by atoms with Crippen molar-refractivity contribution in [3.63, 3.8) is 0 Å². The van der Waals surface area contributed by atoms with E-state index in [9.17, 15) is 0 Å². The van der Waals surface area contributed by atoms with Crippen LogP contribution in [0.1, 0.15) is 5.56 Å². The smallest absolute Gasteiger partial charge is 0.128 e. The van der Waals surface area contributed by atoms with Crippen molar-refractivity contribution >= 4 is 5.82 Å². The van der Waals surface area contributed by atoms with Crippen LogP contribution in [0.5, 0.6) is 0 Å². The molecule has 0 unspecified atom stereocenters. The highest BCUT2D eigenvalue weighted by Crippen LogP contribution is 2.10. The van der Waals surface area contributed by atoms with Gasteiger partial charge in [0.05, 0.1) is 5.56 Å². The molecule has 1 aromatic rings. The van der Waals surface area contributed by atoms with Gasteiger partial charge >= 0.3 is 0 Å². The van der Waals surface area contributed by atoms with Gasteiger partial charge in [-0.25, -0.2) is 4.98 Å². The Morgan fingerprint density at radius 2 is 1.55 bits per heavy atom. The zero-order valence-corrected chi connectivity index (χ0v) is 11.7. The van der Waals surface area contributed by atoms with Crippen LogP contribution in [0.4, 0.5) is 5.82 Å². The summed E-state index contributed by atoms with van der Waals surface area (Å²) in [6.45, 7) is 7.66. The van der Waals surface area contributed by atoms with Crippen LogP contribution >= 0.6 is 0 Å². The number of hydrogen-bond acceptors (Lipinski definition) is 6. The molecule has 1 aromatic heterocycles. The van der Waals surface area contributed by atoms with Crippen molar-refractivity contribution in [2.24, 2.45) is 0 Å². The summed E-state index contributed by atoms with van der Waals surface area (Å²) in [6, 6.07) is 5.85. The Kier molecular flexibility index (Phi) is 6.24. The second kappa shape index (κ2) is 8.48. The summed E-state index contributed by atoms with van der Waals surface area (Å²) in [5.41, 5.74) is 0.602. The average molecular weight is 274 g/mol. The van der Waals surface area contributed by atoms with Crippen LogP contribution in [0.2, 0.25) is 0 Å². The molecule has 108 valence electrons. The molecule has 1 aliphatic rings. The zero-order chi connectivity index (χ0) is 14.0. The summed E-state index contributed by atoms with van der Waals surface area (Å²) < 4.78 is 0. The fraction of sp³-hybridized carbons (Fsp3) is 0.571. The fourth-order valence-corrected chi connectivity index (χ4v) is 2.14. The van der Waals surface area contributed by atoms with Crippen molar-refractivity contribution in [1.82, 2.24) is 20.9 Å². The largest absolute Gasteiger partial charge is 0.354 e. The van der Waals surface area contributed by atoms with E-state index >= 15 is 0 Å². The number of rotatable bonds is 1. The normalized spacial score (nSPS) is 18.6. The lowest BCUT2D eigenvalue weighted by atomic mass is 10.3. The molecule has 6 nitrogen and oxygen atoms in total. The molecule has 2 heterocycles. The van der Waals surface area contributed by atoms with Crippen molar-refractivity contribution in [2.45, 2.75) is 0 Å². The quantitative estimate of drug-likeness (QED) is 0.643. The molecule has 1 saturated heterocycles. The maximum Gasteiger partial charge on any atom is 0.128 e. The van der Waals surface area contributed by atoms with Crippen LogP contribution in [-0.2, 0) is 0 Å². The molecular formula is C14H22N6. The van der Waals surface area contributed by atoms with Crippen molar-refractivity contribution in [2.75, 3.05) is 57.3 Å². The number of nitriles is 1. The predicted molar refractivity (Wildman–Crippen MR) is 79.8 cm³/mol. The number of nitrogens with zero attached hydrogens (tertiary/aromatic N) is 3. The van der Waals surface area contributed by atoms with E-state index in [-0.39, 0.29) is 0 Å². The molecule has 2 rings (SSSR count). The van der Waals surface area contributed by atoms with E-state index in [2.05, 4.69) is 31.9 Å². The standard InChI is InChI=1S/C14H22N6/c15-11-13-1-2-14(19-12-13)20-9-7-17-5-3-16-4-6-18-8-10-20/h1-2,12,16-18H,3-10H2. The second-order valence-electron chi connectivity index (χ2n) is 4.75. The van der Waals surface area contributed by atoms with Gasteiger partial charge in [0.15, 0.2) is 0 Å². The molecule has 0 spiro atoms. The molecule has 0 atom stereocenters. The lowest BCUT2D eigenvalue weighted by Crippen LogP contribution is -2.42. The molecule has 1 fully saturated rings. The Hall–Kier alpha value is -1.68. The molecular weight excluding hydrogens is 252 g/mol. The Bertz CT molecular complexity index is 412. The van der Waals surface area contributed by atoms with E-state index in [0.717, 1.165) is 58.2 Å². The van der Waals surface area contributed by atoms with E-state index < -0.39 is 0 Å². The van der Waals surface area contributed by atoms with Gasteiger partial charge in [0.25, 0.3) is 0 Å². The molecule has 0 aromatic carbocycles. The van der Waals surface area contributed by atoms with Crippen LogP contribution in [0.15, 0.2) is 18.3 Å². The van der Waals surface area contributed by atoms with E-state index in [1.165, 1.54) is 0 Å². The SMILES string of the molecule is N#Cc1ccc(N2CCNCCNCCNCC2)nc1. The lowest BCUT2D eigenvalue weighted by Gasteiger charge is -2.25. The number of hydrogen-bond donors (Lipinski definition) is 3. The minimum Gasteiger partial charge on any atom is -0.354 e. The maximum atomic E-state index is 8.82. The van der Waals surface area contributed by atoms with E-state index in [0.29, 0.717) is 5.56 Å². The van der Waals surface area contributed by atoms with Gasteiger partial charge < -0.3 is 20.9 Å². The van der Waals surface area contributed by atoms with Gasteiger partial charge in [0.2, 0.25) is 0 Å². The second-order valence-corrected chi connectivity index (χ2v) is 4.75. The first-order valence-electron chi connectivity index (χ1n) is 7.13. The molecule has 1 aliphatic heterocycles. The third-order valence-corrected chi connectivity index (χ3v) is 3.28. The van der Waals surface area contributed by atoms with Gasteiger partial charge in [-0.15, -0.1) is 0 Å². The number of pyridine rings is 1. The third-order valence-electron chi connectivity index (χ3n) is 3.28. The van der Waals surface area contributed by atoms with E-state index in [1.54, 1.807) is 6.20 Å². The molecule has 0 saturated carbocycles. The lowest BCUT2D eigenvalue weighted by molar-refractivity contribution is 0.556. The molecule has 3 N–H and O–H groups in total. The summed E-state index contributed by atoms with van der Waals surface area (Å²) in [7, 11) is 0. The van der Waals surface area contributed by atoms with Crippen molar-refractivity contribution < 1.29 is 0 Å². The first-order valence-corrected chi connectivity index (χ1v) is 7.13. The fourth-order valence-electron chi connectivity index (χ4n) is 2.14. The summed E-state index contributed by atoms with van der Waals surface area (Å²) in [4.78, 5) is 6.62. The summed E-state index contributed by atoms with van der Waals surface area (Å²) in [5.74, 6) is 0.933. The molecule has 0 amide bonds. The third kappa shape index (κ3) is 4.78. The topological polar surface area (TPSA) is 76.0 Å². The van der Waals surface area contributed by atoms with Crippen molar-refractivity contribution in [1.29, 1.82) is 5.26 Å². The van der Waals surface area contributed by atoms with Gasteiger partial charge in [-0.05, 0) is 12.1 Å².